The van der Waals surface area contributed by atoms with Gasteiger partial charge in [-0.15, -0.1) is 11.3 Å². The quantitative estimate of drug-likeness (QED) is 0.882. The minimum Gasteiger partial charge on any atom is -0.481 e. The lowest BCUT2D eigenvalue weighted by molar-refractivity contribution is -0.152. The molecule has 0 bridgehead atoms. The summed E-state index contributed by atoms with van der Waals surface area (Å²) in [5, 5.41) is 12.4. The van der Waals surface area contributed by atoms with Crippen molar-refractivity contribution in [2.75, 3.05) is 0 Å². The van der Waals surface area contributed by atoms with Crippen molar-refractivity contribution in [3.05, 3.63) is 16.6 Å². The first kappa shape index (κ1) is 11.6. The summed E-state index contributed by atoms with van der Waals surface area (Å²) in [4.78, 5) is 15.7. The molecule has 0 spiro atoms. The summed E-state index contributed by atoms with van der Waals surface area (Å²) in [7, 11) is 0. The lowest BCUT2D eigenvalue weighted by atomic mass is 9.68. The zero-order chi connectivity index (χ0) is 11.6. The van der Waals surface area contributed by atoms with E-state index in [1.54, 1.807) is 17.5 Å². The van der Waals surface area contributed by atoms with Crippen molar-refractivity contribution in [3.8, 4) is 0 Å². The summed E-state index contributed by atoms with van der Waals surface area (Å²) in [5.41, 5.74) is -0.560. The lowest BCUT2D eigenvalue weighted by Crippen LogP contribution is -2.37. The predicted octanol–water partition coefficient (Wildman–Crippen LogP) is 2.97. The molecule has 2 atom stereocenters. The van der Waals surface area contributed by atoms with Gasteiger partial charge in [0.1, 0.15) is 0 Å². The fraction of sp³-hybridized carbons (Fsp3) is 0.667. The molecule has 2 unspecified atom stereocenters. The minimum atomic E-state index is -0.644. The smallest absolute Gasteiger partial charge is 0.310 e. The van der Waals surface area contributed by atoms with Gasteiger partial charge in [-0.1, -0.05) is 19.8 Å². The highest BCUT2D eigenvalue weighted by Crippen LogP contribution is 2.42. The number of hydrogen-bond donors (Lipinski definition) is 1. The Kier molecular flexibility index (Phi) is 3.28. The number of nitrogens with zero attached hydrogens (tertiary/aromatic N) is 1. The average Bonchev–Trinajstić information content (AvgIpc) is 2.70. The zero-order valence-electron chi connectivity index (χ0n) is 9.48. The largest absolute Gasteiger partial charge is 0.481 e. The SMILES string of the molecule is CC1CCCC(Cc2nccs2)(C(=O)O)C1. The summed E-state index contributed by atoms with van der Waals surface area (Å²) < 4.78 is 0. The number of carboxylic acids is 1. The first-order chi connectivity index (χ1) is 7.62. The highest BCUT2D eigenvalue weighted by Gasteiger charge is 2.42. The van der Waals surface area contributed by atoms with Crippen LogP contribution in [0.1, 0.15) is 37.6 Å². The van der Waals surface area contributed by atoms with Crippen LogP contribution in [0.4, 0.5) is 0 Å². The van der Waals surface area contributed by atoms with Crippen LogP contribution in [0, 0.1) is 11.3 Å². The summed E-state index contributed by atoms with van der Waals surface area (Å²) >= 11 is 1.56. The Bertz CT molecular complexity index is 363. The van der Waals surface area contributed by atoms with E-state index in [1.807, 2.05) is 5.38 Å². The number of hydrogen-bond acceptors (Lipinski definition) is 3. The number of aliphatic carboxylic acids is 1. The van der Waals surface area contributed by atoms with Gasteiger partial charge in [0.2, 0.25) is 0 Å². The maximum absolute atomic E-state index is 11.5. The fourth-order valence-electron chi connectivity index (χ4n) is 2.72. The van der Waals surface area contributed by atoms with Gasteiger partial charge in [0.15, 0.2) is 0 Å². The van der Waals surface area contributed by atoms with Crippen LogP contribution in [0.3, 0.4) is 0 Å². The third kappa shape index (κ3) is 2.26. The normalized spacial score (nSPS) is 30.2. The first-order valence-electron chi connectivity index (χ1n) is 5.74. The van der Waals surface area contributed by atoms with E-state index in [1.165, 1.54) is 0 Å². The van der Waals surface area contributed by atoms with E-state index >= 15 is 0 Å². The Morgan fingerprint density at radius 3 is 3.12 bits per heavy atom. The highest BCUT2D eigenvalue weighted by atomic mass is 32.1. The molecule has 16 heavy (non-hydrogen) atoms. The molecule has 1 aliphatic rings. The summed E-state index contributed by atoms with van der Waals surface area (Å²) in [6, 6.07) is 0. The molecule has 1 aliphatic carbocycles. The number of aromatic nitrogens is 1. The Hall–Kier alpha value is -0.900. The molecule has 1 fully saturated rings. The second-order valence-electron chi connectivity index (χ2n) is 4.89. The maximum Gasteiger partial charge on any atom is 0.310 e. The molecule has 1 aromatic heterocycles. The van der Waals surface area contributed by atoms with E-state index in [0.29, 0.717) is 12.3 Å². The van der Waals surface area contributed by atoms with Crippen molar-refractivity contribution in [2.45, 2.75) is 39.0 Å². The molecule has 88 valence electrons. The van der Waals surface area contributed by atoms with Gasteiger partial charge in [-0.05, 0) is 18.8 Å². The second kappa shape index (κ2) is 4.53. The second-order valence-corrected chi connectivity index (χ2v) is 5.87. The van der Waals surface area contributed by atoms with E-state index < -0.39 is 11.4 Å². The molecule has 2 rings (SSSR count). The van der Waals surface area contributed by atoms with Crippen LogP contribution in [-0.4, -0.2) is 16.1 Å². The van der Waals surface area contributed by atoms with Crippen molar-refractivity contribution in [2.24, 2.45) is 11.3 Å². The molecule has 4 heteroatoms. The van der Waals surface area contributed by atoms with Gasteiger partial charge in [0, 0.05) is 18.0 Å². The Labute approximate surface area is 99.5 Å². The Morgan fingerprint density at radius 1 is 1.75 bits per heavy atom. The molecule has 3 nitrogen and oxygen atoms in total. The summed E-state index contributed by atoms with van der Waals surface area (Å²) in [6.07, 6.45) is 6.13. The monoisotopic (exact) mass is 239 g/mol. The van der Waals surface area contributed by atoms with Crippen molar-refractivity contribution >= 4 is 17.3 Å². The number of carbonyl (C=O) groups is 1. The fourth-order valence-corrected chi connectivity index (χ4v) is 3.48. The minimum absolute atomic E-state index is 0.518. The van der Waals surface area contributed by atoms with Crippen molar-refractivity contribution in [3.63, 3.8) is 0 Å². The van der Waals surface area contributed by atoms with Crippen molar-refractivity contribution < 1.29 is 9.90 Å². The van der Waals surface area contributed by atoms with Gasteiger partial charge in [0.25, 0.3) is 0 Å². The van der Waals surface area contributed by atoms with E-state index in [2.05, 4.69) is 11.9 Å². The van der Waals surface area contributed by atoms with Gasteiger partial charge >= 0.3 is 5.97 Å². The Morgan fingerprint density at radius 2 is 2.56 bits per heavy atom. The lowest BCUT2D eigenvalue weighted by Gasteiger charge is -2.35. The predicted molar refractivity (Wildman–Crippen MR) is 63.5 cm³/mol. The van der Waals surface area contributed by atoms with E-state index in [0.717, 1.165) is 30.7 Å². The van der Waals surface area contributed by atoms with Gasteiger partial charge in [-0.25, -0.2) is 4.98 Å². The van der Waals surface area contributed by atoms with Crippen molar-refractivity contribution in [1.82, 2.24) is 4.98 Å². The molecule has 0 amide bonds. The molecule has 1 N–H and O–H groups in total. The van der Waals surface area contributed by atoms with Crippen LogP contribution in [0.5, 0.6) is 0 Å². The molecular weight excluding hydrogens is 222 g/mol. The zero-order valence-corrected chi connectivity index (χ0v) is 10.3. The van der Waals surface area contributed by atoms with Gasteiger partial charge < -0.3 is 5.11 Å². The summed E-state index contributed by atoms with van der Waals surface area (Å²) in [6.45, 7) is 2.15. The van der Waals surface area contributed by atoms with Crippen LogP contribution in [0.25, 0.3) is 0 Å². The maximum atomic E-state index is 11.5. The van der Waals surface area contributed by atoms with Crippen molar-refractivity contribution in [1.29, 1.82) is 0 Å². The molecular formula is C12H17NO2S. The van der Waals surface area contributed by atoms with Gasteiger partial charge in [-0.2, -0.15) is 0 Å². The standard InChI is InChI=1S/C12H17NO2S/c1-9-3-2-4-12(7-9,11(14)15)8-10-13-5-6-16-10/h5-6,9H,2-4,7-8H2,1H3,(H,14,15). The van der Waals surface area contributed by atoms with Gasteiger partial charge in [0.05, 0.1) is 10.4 Å². The van der Waals surface area contributed by atoms with Crippen LogP contribution in [0.15, 0.2) is 11.6 Å². The highest BCUT2D eigenvalue weighted by molar-refractivity contribution is 7.09. The number of rotatable bonds is 3. The van der Waals surface area contributed by atoms with E-state index in [-0.39, 0.29) is 0 Å². The molecule has 1 saturated carbocycles. The molecule has 0 aliphatic heterocycles. The summed E-state index contributed by atoms with van der Waals surface area (Å²) in [5.74, 6) is -0.126. The third-order valence-corrected chi connectivity index (χ3v) is 4.30. The molecule has 0 aromatic carbocycles. The topological polar surface area (TPSA) is 50.2 Å². The average molecular weight is 239 g/mol. The molecule has 0 saturated heterocycles. The Balaban J connectivity index is 2.18. The van der Waals surface area contributed by atoms with Crippen LogP contribution in [-0.2, 0) is 11.2 Å². The number of thiazole rings is 1. The van der Waals surface area contributed by atoms with Crippen LogP contribution < -0.4 is 0 Å². The van der Waals surface area contributed by atoms with Gasteiger partial charge in [-0.3, -0.25) is 4.79 Å². The number of carboxylic acid groups (broad SMARTS) is 1. The first-order valence-corrected chi connectivity index (χ1v) is 6.62. The molecule has 1 aromatic rings. The molecule has 1 heterocycles. The molecule has 0 radical (unpaired) electrons. The van der Waals surface area contributed by atoms with E-state index in [4.69, 9.17) is 0 Å². The van der Waals surface area contributed by atoms with E-state index in [9.17, 15) is 9.90 Å². The van der Waals surface area contributed by atoms with Crippen LogP contribution in [0.2, 0.25) is 0 Å². The van der Waals surface area contributed by atoms with Crippen LogP contribution >= 0.6 is 11.3 Å². The third-order valence-electron chi connectivity index (χ3n) is 3.52.